The molecule has 0 aliphatic carbocycles. The van der Waals surface area contributed by atoms with Gasteiger partial charge in [-0.25, -0.2) is 18.8 Å². The number of hydrogen-bond donors (Lipinski definition) is 0. The number of carbonyl (C=O) groups is 1. The zero-order valence-corrected chi connectivity index (χ0v) is 26.1. The fourth-order valence-corrected chi connectivity index (χ4v) is 4.87. The van der Waals surface area contributed by atoms with E-state index < -0.39 is 0 Å². The van der Waals surface area contributed by atoms with E-state index in [9.17, 15) is 13.6 Å². The molecule has 0 unspecified atom stereocenters. The van der Waals surface area contributed by atoms with E-state index in [1.54, 1.807) is 49.4 Å². The van der Waals surface area contributed by atoms with E-state index in [-0.39, 0.29) is 22.7 Å². The highest BCUT2D eigenvalue weighted by molar-refractivity contribution is 9.09. The minimum absolute atomic E-state index is 0.103. The lowest BCUT2D eigenvalue weighted by molar-refractivity contribution is 0.102. The predicted octanol–water partition coefficient (Wildman–Crippen LogP) is 8.79. The zero-order chi connectivity index (χ0) is 29.4. The summed E-state index contributed by atoms with van der Waals surface area (Å²) in [7, 11) is 2.01. The normalized spacial score (nSPS) is 10.9. The Hall–Kier alpha value is -3.23. The Balaban J connectivity index is 0.000000307. The summed E-state index contributed by atoms with van der Waals surface area (Å²) in [5.41, 5.74) is 7.87. The number of aromatic nitrogens is 1. The summed E-state index contributed by atoms with van der Waals surface area (Å²) < 4.78 is 26.8. The molecule has 0 aliphatic rings. The second-order valence-corrected chi connectivity index (χ2v) is 11.2. The number of rotatable bonds is 8. The number of carbonyl (C=O) groups excluding carboxylic acids is 1. The van der Waals surface area contributed by atoms with Crippen LogP contribution in [-0.4, -0.2) is 40.9 Å². The second-order valence-electron chi connectivity index (χ2n) is 9.67. The Labute approximate surface area is 247 Å². The van der Waals surface area contributed by atoms with Crippen molar-refractivity contribution >= 4 is 45.1 Å². The molecule has 4 nitrogen and oxygen atoms in total. The van der Waals surface area contributed by atoms with E-state index in [1.807, 2.05) is 29.7 Å². The van der Waals surface area contributed by atoms with E-state index in [4.69, 9.17) is 4.98 Å². The Morgan fingerprint density at radius 2 is 1.65 bits per heavy atom. The monoisotopic (exact) mass is 625 g/mol. The van der Waals surface area contributed by atoms with Crippen molar-refractivity contribution in [1.82, 2.24) is 9.88 Å². The summed E-state index contributed by atoms with van der Waals surface area (Å²) in [4.78, 5) is 22.4. The van der Waals surface area contributed by atoms with Crippen LogP contribution in [0.1, 0.15) is 50.1 Å². The minimum atomic E-state index is -0.332. The molecule has 4 rings (SSSR count). The average molecular weight is 627 g/mol. The van der Waals surface area contributed by atoms with Gasteiger partial charge in [0.1, 0.15) is 11.6 Å². The van der Waals surface area contributed by atoms with Gasteiger partial charge in [0, 0.05) is 36.5 Å². The Morgan fingerprint density at radius 3 is 2.27 bits per heavy atom. The van der Waals surface area contributed by atoms with E-state index >= 15 is 0 Å². The molecule has 0 fully saturated rings. The zero-order valence-electron chi connectivity index (χ0n) is 23.7. The average Bonchev–Trinajstić information content (AvgIpc) is 3.41. The van der Waals surface area contributed by atoms with Crippen molar-refractivity contribution in [2.24, 2.45) is 4.99 Å². The van der Waals surface area contributed by atoms with Crippen molar-refractivity contribution in [3.05, 3.63) is 104 Å². The number of aliphatic imine (C=N–C) groups is 1. The van der Waals surface area contributed by atoms with Gasteiger partial charge in [-0.1, -0.05) is 46.3 Å². The van der Waals surface area contributed by atoms with E-state index in [1.165, 1.54) is 17.2 Å². The number of hydrogen-bond acceptors (Lipinski definition) is 4. The molecule has 1 aromatic heterocycles. The molecule has 0 spiro atoms. The van der Waals surface area contributed by atoms with Gasteiger partial charge in [0.15, 0.2) is 5.78 Å². The van der Waals surface area contributed by atoms with Crippen LogP contribution in [0.15, 0.2) is 58.9 Å². The van der Waals surface area contributed by atoms with Crippen molar-refractivity contribution in [2.45, 2.75) is 41.0 Å². The molecule has 0 bridgehead atoms. The minimum Gasteiger partial charge on any atom is -0.366 e. The number of halogens is 3. The van der Waals surface area contributed by atoms with Crippen LogP contribution in [-0.2, 0) is 6.42 Å². The molecular weight excluding hydrogens is 592 g/mol. The third-order valence-electron chi connectivity index (χ3n) is 6.52. The van der Waals surface area contributed by atoms with Crippen LogP contribution < -0.4 is 0 Å². The number of thiazole rings is 1. The number of alkyl halides is 1. The molecule has 1 heterocycles. The molecule has 0 saturated carbocycles. The Bertz CT molecular complexity index is 1520. The molecule has 0 amide bonds. The summed E-state index contributed by atoms with van der Waals surface area (Å²) in [6.45, 7) is 10.7. The standard InChI is InChI=1S/C23H26FN3S.C9H8BrFO/c1-6-27(5)14-25-21-10-16(3)19(9-17(21)4)12-23-26-22(13-28-23)18-8-7-15(2)20(24)11-18;1-6-2-3-7(4-8(6)11)9(12)5-10/h7-11,13-14H,6,12H2,1-5H3;2-4H,5H2,1H3. The molecule has 0 N–H and O–H groups in total. The van der Waals surface area contributed by atoms with Gasteiger partial charge in [0.25, 0.3) is 0 Å². The van der Waals surface area contributed by atoms with Crippen LogP contribution in [0.25, 0.3) is 11.3 Å². The first-order chi connectivity index (χ1) is 19.0. The highest BCUT2D eigenvalue weighted by atomic mass is 79.9. The number of aryl methyl sites for hydroxylation is 4. The van der Waals surface area contributed by atoms with Crippen LogP contribution in [0.5, 0.6) is 0 Å². The lowest BCUT2D eigenvalue weighted by Gasteiger charge is -2.11. The number of ketones is 1. The summed E-state index contributed by atoms with van der Waals surface area (Å²) in [6, 6.07) is 14.1. The van der Waals surface area contributed by atoms with Gasteiger partial charge in [-0.05, 0) is 80.6 Å². The molecule has 210 valence electrons. The number of benzene rings is 3. The number of Topliss-reactive ketones (excluding diaryl/α,β-unsaturated/α-hetero) is 1. The summed E-state index contributed by atoms with van der Waals surface area (Å²) in [5, 5.41) is 3.26. The molecule has 0 saturated heterocycles. The summed E-state index contributed by atoms with van der Waals surface area (Å²) in [5.74, 6) is -0.626. The van der Waals surface area contributed by atoms with Crippen molar-refractivity contribution < 1.29 is 13.6 Å². The van der Waals surface area contributed by atoms with Gasteiger partial charge in [-0.2, -0.15) is 0 Å². The maximum absolute atomic E-state index is 13.9. The van der Waals surface area contributed by atoms with Crippen LogP contribution in [0.2, 0.25) is 0 Å². The first-order valence-electron chi connectivity index (χ1n) is 12.9. The van der Waals surface area contributed by atoms with E-state index in [0.717, 1.165) is 40.5 Å². The van der Waals surface area contributed by atoms with Gasteiger partial charge in [0.05, 0.1) is 28.1 Å². The van der Waals surface area contributed by atoms with E-state index in [0.29, 0.717) is 16.7 Å². The second kappa shape index (κ2) is 14.4. The highest BCUT2D eigenvalue weighted by Gasteiger charge is 2.11. The van der Waals surface area contributed by atoms with Crippen LogP contribution >= 0.6 is 27.3 Å². The summed E-state index contributed by atoms with van der Waals surface area (Å²) in [6.07, 6.45) is 2.64. The molecule has 4 aromatic rings. The predicted molar refractivity (Wildman–Crippen MR) is 167 cm³/mol. The lowest BCUT2D eigenvalue weighted by atomic mass is 10.0. The van der Waals surface area contributed by atoms with Crippen molar-refractivity contribution in [1.29, 1.82) is 0 Å². The number of nitrogens with zero attached hydrogens (tertiary/aromatic N) is 3. The third-order valence-corrected chi connectivity index (χ3v) is 7.88. The van der Waals surface area contributed by atoms with Gasteiger partial charge in [-0.15, -0.1) is 11.3 Å². The molecule has 0 aliphatic heterocycles. The first-order valence-corrected chi connectivity index (χ1v) is 14.9. The third kappa shape index (κ3) is 8.38. The van der Waals surface area contributed by atoms with Gasteiger partial charge in [-0.3, -0.25) is 4.79 Å². The fourth-order valence-electron chi connectivity index (χ4n) is 3.72. The maximum atomic E-state index is 13.9. The van der Waals surface area contributed by atoms with E-state index in [2.05, 4.69) is 53.8 Å². The quantitative estimate of drug-likeness (QED) is 0.0850. The van der Waals surface area contributed by atoms with Crippen LogP contribution in [0.3, 0.4) is 0 Å². The fraction of sp³-hybridized carbons (Fsp3) is 0.281. The molecule has 3 aromatic carbocycles. The molecular formula is C32H34BrF2N3OS. The SMILES string of the molecule is CCN(C)C=Nc1cc(C)c(Cc2nc(-c3ccc(C)c(F)c3)cs2)cc1C.Cc1ccc(C(=O)CBr)cc1F. The smallest absolute Gasteiger partial charge is 0.173 e. The van der Waals surface area contributed by atoms with Gasteiger partial charge < -0.3 is 4.90 Å². The van der Waals surface area contributed by atoms with Gasteiger partial charge >= 0.3 is 0 Å². The first kappa shape index (κ1) is 31.3. The van der Waals surface area contributed by atoms with Crippen molar-refractivity contribution in [3.8, 4) is 11.3 Å². The molecule has 40 heavy (non-hydrogen) atoms. The topological polar surface area (TPSA) is 45.6 Å². The van der Waals surface area contributed by atoms with Gasteiger partial charge in [0.2, 0.25) is 0 Å². The highest BCUT2D eigenvalue weighted by Crippen LogP contribution is 2.28. The molecule has 8 heteroatoms. The summed E-state index contributed by atoms with van der Waals surface area (Å²) >= 11 is 4.64. The Morgan fingerprint density at radius 1 is 0.975 bits per heavy atom. The largest absolute Gasteiger partial charge is 0.366 e. The Kier molecular flexibility index (Phi) is 11.3. The molecule has 0 radical (unpaired) electrons. The van der Waals surface area contributed by atoms with Crippen molar-refractivity contribution in [2.75, 3.05) is 18.9 Å². The molecule has 0 atom stereocenters. The van der Waals surface area contributed by atoms with Crippen molar-refractivity contribution in [3.63, 3.8) is 0 Å². The van der Waals surface area contributed by atoms with Crippen LogP contribution in [0, 0.1) is 39.3 Å². The maximum Gasteiger partial charge on any atom is 0.173 e. The lowest BCUT2D eigenvalue weighted by Crippen LogP contribution is -2.14. The van der Waals surface area contributed by atoms with Crippen LogP contribution in [0.4, 0.5) is 14.5 Å².